The molecule has 0 saturated carbocycles. The van der Waals surface area contributed by atoms with Crippen LogP contribution in [0.1, 0.15) is 5.56 Å². The predicted octanol–water partition coefficient (Wildman–Crippen LogP) is -1.22. The van der Waals surface area contributed by atoms with Crippen LogP contribution < -0.4 is 11.2 Å². The Morgan fingerprint density at radius 3 is 2.00 bits per heavy atom. The third-order valence-electron chi connectivity index (χ3n) is 1.38. The first-order valence-corrected chi connectivity index (χ1v) is 3.70. The highest BCUT2D eigenvalue weighted by Crippen LogP contribution is 1.92. The maximum absolute atomic E-state index is 8.67. The monoisotopic (exact) mass is 181 g/mol. The van der Waals surface area contributed by atoms with E-state index in [2.05, 4.69) is 5.73 Å². The van der Waals surface area contributed by atoms with Gasteiger partial charge in [0.05, 0.1) is 0 Å². The van der Waals surface area contributed by atoms with Gasteiger partial charge in [-0.15, -0.1) is 0 Å². The van der Waals surface area contributed by atoms with Crippen LogP contribution in [0.5, 0.6) is 0 Å². The topological polar surface area (TPSA) is 83.6 Å². The van der Waals surface area contributed by atoms with Crippen LogP contribution in [0.15, 0.2) is 24.3 Å². The van der Waals surface area contributed by atoms with Crippen LogP contribution in [-0.4, -0.2) is 23.6 Å². The number of rotatable bonds is 1. The van der Waals surface area contributed by atoms with Crippen LogP contribution in [0, 0.1) is 6.92 Å². The lowest BCUT2D eigenvalue weighted by molar-refractivity contribution is -0.106. The molecule has 0 saturated heterocycles. The molecule has 4 N–H and O–H groups in total. The smallest absolute Gasteiger partial charge is 0.423 e. The molecule has 0 unspecified atom stereocenters. The van der Waals surface area contributed by atoms with Gasteiger partial charge in [-0.2, -0.15) is 0 Å². The number of nitrogens with two attached hydrogens (primary N) is 1. The van der Waals surface area contributed by atoms with Crippen molar-refractivity contribution >= 4 is 19.0 Å². The van der Waals surface area contributed by atoms with Crippen molar-refractivity contribution in [3.63, 3.8) is 0 Å². The first kappa shape index (κ1) is 11.7. The van der Waals surface area contributed by atoms with Crippen molar-refractivity contribution in [3.05, 3.63) is 29.8 Å². The molecule has 0 spiro atoms. The molecule has 1 rings (SSSR count). The first-order chi connectivity index (χ1) is 6.11. The number of benzene rings is 1. The van der Waals surface area contributed by atoms with Gasteiger partial charge in [0.25, 0.3) is 0 Å². The van der Waals surface area contributed by atoms with Crippen LogP contribution in [0.25, 0.3) is 0 Å². The van der Waals surface area contributed by atoms with Crippen LogP contribution >= 0.6 is 0 Å². The highest BCUT2D eigenvalue weighted by molar-refractivity contribution is 6.58. The Morgan fingerprint density at radius 2 is 1.69 bits per heavy atom. The van der Waals surface area contributed by atoms with Gasteiger partial charge in [0.2, 0.25) is 6.41 Å². The second-order valence-electron chi connectivity index (χ2n) is 2.42. The Labute approximate surface area is 77.1 Å². The summed E-state index contributed by atoms with van der Waals surface area (Å²) in [7, 11) is -1.35. The van der Waals surface area contributed by atoms with E-state index < -0.39 is 7.12 Å². The highest BCUT2D eigenvalue weighted by Gasteiger charge is 2.08. The molecule has 5 heteroatoms. The molecule has 0 aromatic heterocycles. The zero-order valence-electron chi connectivity index (χ0n) is 7.34. The minimum absolute atomic E-state index is 0.250. The van der Waals surface area contributed by atoms with E-state index in [4.69, 9.17) is 14.8 Å². The van der Waals surface area contributed by atoms with Crippen molar-refractivity contribution in [3.8, 4) is 0 Å². The van der Waals surface area contributed by atoms with E-state index in [9.17, 15) is 0 Å². The molecule has 0 aliphatic rings. The highest BCUT2D eigenvalue weighted by atomic mass is 16.4. The van der Waals surface area contributed by atoms with Gasteiger partial charge in [0.15, 0.2) is 0 Å². The van der Waals surface area contributed by atoms with Crippen LogP contribution in [-0.2, 0) is 4.79 Å². The van der Waals surface area contributed by atoms with Crippen LogP contribution in [0.2, 0.25) is 0 Å². The van der Waals surface area contributed by atoms with Gasteiger partial charge in [-0.1, -0.05) is 29.8 Å². The lowest BCUT2D eigenvalue weighted by atomic mass is 9.80. The minimum atomic E-state index is -1.35. The number of primary amides is 1. The van der Waals surface area contributed by atoms with E-state index in [1.165, 1.54) is 0 Å². The Bertz CT molecular complexity index is 248. The molecule has 0 aliphatic carbocycles. The summed E-state index contributed by atoms with van der Waals surface area (Å²) in [6, 6.07) is 7.07. The van der Waals surface area contributed by atoms with Gasteiger partial charge in [-0.25, -0.2) is 0 Å². The molecule has 0 bridgehead atoms. The van der Waals surface area contributed by atoms with Gasteiger partial charge < -0.3 is 15.8 Å². The summed E-state index contributed by atoms with van der Waals surface area (Å²) < 4.78 is 0. The maximum atomic E-state index is 8.67. The molecule has 0 fully saturated rings. The summed E-state index contributed by atoms with van der Waals surface area (Å²) in [5.74, 6) is 0. The number of amides is 1. The Morgan fingerprint density at radius 1 is 1.31 bits per heavy atom. The van der Waals surface area contributed by atoms with E-state index in [-0.39, 0.29) is 6.41 Å². The summed E-state index contributed by atoms with van der Waals surface area (Å²) in [6.45, 7) is 1.95. The number of hydrogen-bond donors (Lipinski definition) is 3. The zero-order chi connectivity index (χ0) is 10.3. The molecule has 0 radical (unpaired) electrons. The van der Waals surface area contributed by atoms with E-state index in [0.29, 0.717) is 5.46 Å². The lowest BCUT2D eigenvalue weighted by Gasteiger charge is -1.97. The Hall–Kier alpha value is -1.33. The molecule has 1 amide bonds. The number of hydrogen-bond acceptors (Lipinski definition) is 3. The standard InChI is InChI=1S/C7H9BO2.CH3NO/c1-6-2-4-7(5-3-6)8(9)10;2-1-3/h2-5,9-10H,1H3;1H,(H2,2,3). The molecular weight excluding hydrogens is 169 g/mol. The van der Waals surface area contributed by atoms with Crippen molar-refractivity contribution in [2.45, 2.75) is 6.92 Å². The van der Waals surface area contributed by atoms with Gasteiger partial charge in [0, 0.05) is 0 Å². The Kier molecular flexibility index (Phi) is 5.59. The predicted molar refractivity (Wildman–Crippen MR) is 51.3 cm³/mol. The van der Waals surface area contributed by atoms with Gasteiger partial charge in [-0.05, 0) is 12.4 Å². The van der Waals surface area contributed by atoms with Gasteiger partial charge in [0.1, 0.15) is 0 Å². The van der Waals surface area contributed by atoms with Crippen molar-refractivity contribution in [1.82, 2.24) is 0 Å². The second-order valence-corrected chi connectivity index (χ2v) is 2.42. The quantitative estimate of drug-likeness (QED) is 0.375. The van der Waals surface area contributed by atoms with E-state index in [1.54, 1.807) is 12.1 Å². The van der Waals surface area contributed by atoms with Crippen molar-refractivity contribution in [1.29, 1.82) is 0 Å². The third kappa shape index (κ3) is 5.00. The molecule has 0 aliphatic heterocycles. The number of carbonyl (C=O) groups excluding carboxylic acids is 1. The number of aryl methyl sites for hydroxylation is 1. The fourth-order valence-electron chi connectivity index (χ4n) is 0.739. The summed E-state index contributed by atoms with van der Waals surface area (Å²) in [6.07, 6.45) is 0.250. The van der Waals surface area contributed by atoms with E-state index in [0.717, 1.165) is 5.56 Å². The molecule has 1 aromatic carbocycles. The normalized spacial score (nSPS) is 8.23. The van der Waals surface area contributed by atoms with Crippen LogP contribution in [0.3, 0.4) is 0 Å². The zero-order valence-corrected chi connectivity index (χ0v) is 7.34. The Balaban J connectivity index is 0.000000424. The molecule has 0 atom stereocenters. The van der Waals surface area contributed by atoms with E-state index in [1.807, 2.05) is 19.1 Å². The molecule has 70 valence electrons. The summed E-state index contributed by atoms with van der Waals surface area (Å²) in [5.41, 5.74) is 5.81. The average Bonchev–Trinajstić information content (AvgIpc) is 2.06. The van der Waals surface area contributed by atoms with Gasteiger partial charge in [-0.3, -0.25) is 4.79 Å². The largest absolute Gasteiger partial charge is 0.488 e. The molecule has 1 aromatic rings. The maximum Gasteiger partial charge on any atom is 0.488 e. The molecule has 0 heterocycles. The fraction of sp³-hybridized carbons (Fsp3) is 0.125. The molecular formula is C8H12BNO3. The van der Waals surface area contributed by atoms with Gasteiger partial charge >= 0.3 is 7.12 Å². The molecule has 4 nitrogen and oxygen atoms in total. The van der Waals surface area contributed by atoms with Crippen LogP contribution in [0.4, 0.5) is 0 Å². The first-order valence-electron chi connectivity index (χ1n) is 3.70. The second kappa shape index (κ2) is 6.22. The summed E-state index contributed by atoms with van der Waals surface area (Å²) >= 11 is 0. The summed E-state index contributed by atoms with van der Waals surface area (Å²) in [4.78, 5) is 8.58. The fourth-order valence-corrected chi connectivity index (χ4v) is 0.739. The van der Waals surface area contributed by atoms with Crippen molar-refractivity contribution < 1.29 is 14.8 Å². The van der Waals surface area contributed by atoms with Crippen molar-refractivity contribution in [2.75, 3.05) is 0 Å². The molecule has 13 heavy (non-hydrogen) atoms. The summed E-state index contributed by atoms with van der Waals surface area (Å²) in [5, 5.41) is 17.3. The van der Waals surface area contributed by atoms with E-state index >= 15 is 0 Å². The number of carbonyl (C=O) groups is 1. The average molecular weight is 181 g/mol. The van der Waals surface area contributed by atoms with Crippen molar-refractivity contribution in [2.24, 2.45) is 5.73 Å². The minimum Gasteiger partial charge on any atom is -0.423 e. The SMILES string of the molecule is Cc1ccc(B(O)O)cc1.NC=O. The third-order valence-corrected chi connectivity index (χ3v) is 1.38. The lowest BCUT2D eigenvalue weighted by Crippen LogP contribution is -2.29.